The van der Waals surface area contributed by atoms with Crippen molar-refractivity contribution in [3.05, 3.63) is 48.6 Å². The highest BCUT2D eigenvalue weighted by atomic mass is 16.7. The summed E-state index contributed by atoms with van der Waals surface area (Å²) in [6.45, 7) is 4.33. The molecule has 0 aromatic heterocycles. The number of rotatable bonds is 64. The molecule has 1 amide bonds. The highest BCUT2D eigenvalue weighted by molar-refractivity contribution is 5.76. The number of nitrogens with one attached hydrogen (secondary N) is 1. The van der Waals surface area contributed by atoms with Gasteiger partial charge in [0.15, 0.2) is 6.29 Å². The van der Waals surface area contributed by atoms with Crippen molar-refractivity contribution in [3.63, 3.8) is 0 Å². The lowest BCUT2D eigenvalue weighted by Gasteiger charge is -2.40. The average molecular weight is 1200 g/mol. The van der Waals surface area contributed by atoms with E-state index in [1.54, 1.807) is 6.08 Å². The lowest BCUT2D eigenvalue weighted by atomic mass is 9.99. The third kappa shape index (κ3) is 52.1. The molecule has 85 heavy (non-hydrogen) atoms. The Morgan fingerprint density at radius 3 is 1.22 bits per heavy atom. The first kappa shape index (κ1) is 80.6. The van der Waals surface area contributed by atoms with Gasteiger partial charge in [0.25, 0.3) is 0 Å². The number of esters is 1. The van der Waals surface area contributed by atoms with Gasteiger partial charge in [-0.2, -0.15) is 0 Å². The molecule has 11 nitrogen and oxygen atoms in total. The van der Waals surface area contributed by atoms with Gasteiger partial charge in [-0.05, 0) is 89.9 Å². The van der Waals surface area contributed by atoms with Gasteiger partial charge >= 0.3 is 5.97 Å². The Hall–Kier alpha value is -2.38. The molecular weight excluding hydrogens is 1060 g/mol. The van der Waals surface area contributed by atoms with Gasteiger partial charge in [0.1, 0.15) is 24.4 Å². The van der Waals surface area contributed by atoms with Crippen molar-refractivity contribution in [2.45, 2.75) is 391 Å². The molecule has 1 aliphatic rings. The van der Waals surface area contributed by atoms with Crippen molar-refractivity contribution >= 4 is 11.9 Å². The van der Waals surface area contributed by atoms with Gasteiger partial charge in [-0.25, -0.2) is 0 Å². The van der Waals surface area contributed by atoms with Crippen molar-refractivity contribution in [1.82, 2.24) is 5.32 Å². The lowest BCUT2D eigenvalue weighted by Crippen LogP contribution is -2.60. The van der Waals surface area contributed by atoms with Crippen LogP contribution in [0.3, 0.4) is 0 Å². The van der Waals surface area contributed by atoms with Gasteiger partial charge in [0, 0.05) is 12.8 Å². The molecule has 7 atom stereocenters. The fourth-order valence-electron chi connectivity index (χ4n) is 11.4. The Labute approximate surface area is 523 Å². The van der Waals surface area contributed by atoms with E-state index in [0.717, 1.165) is 64.2 Å². The molecule has 0 bridgehead atoms. The quantitative estimate of drug-likeness (QED) is 0.0195. The van der Waals surface area contributed by atoms with Gasteiger partial charge in [-0.3, -0.25) is 9.59 Å². The number of unbranched alkanes of at least 4 members (excludes halogenated alkanes) is 44. The molecule has 0 aliphatic carbocycles. The number of hydrogen-bond acceptors (Lipinski definition) is 10. The summed E-state index contributed by atoms with van der Waals surface area (Å²) in [7, 11) is 0. The number of carbonyl (C=O) groups excluding carboxylic acids is 2. The van der Waals surface area contributed by atoms with Crippen molar-refractivity contribution in [3.8, 4) is 0 Å². The molecule has 0 saturated carbocycles. The Balaban J connectivity index is 1.92. The Bertz CT molecular complexity index is 1550. The summed E-state index contributed by atoms with van der Waals surface area (Å²) < 4.78 is 16.7. The smallest absolute Gasteiger partial charge is 0.305 e. The van der Waals surface area contributed by atoms with Crippen LogP contribution in [-0.4, -0.2) is 100 Å². The van der Waals surface area contributed by atoms with Crippen LogP contribution in [0.1, 0.15) is 348 Å². The van der Waals surface area contributed by atoms with Gasteiger partial charge < -0.3 is 45.1 Å². The largest absolute Gasteiger partial charge is 0.466 e. The minimum Gasteiger partial charge on any atom is -0.466 e. The van der Waals surface area contributed by atoms with Gasteiger partial charge in [0.2, 0.25) is 5.91 Å². The molecule has 1 saturated heterocycles. The molecule has 0 aromatic carbocycles. The van der Waals surface area contributed by atoms with Crippen LogP contribution in [0.25, 0.3) is 0 Å². The van der Waals surface area contributed by atoms with E-state index in [2.05, 4.69) is 55.6 Å². The number of aliphatic hydroxyl groups is 5. The Morgan fingerprint density at radius 1 is 0.435 bits per heavy atom. The minimum absolute atomic E-state index is 0.0000841. The van der Waals surface area contributed by atoms with E-state index in [-0.39, 0.29) is 18.5 Å². The Morgan fingerprint density at radius 2 is 0.788 bits per heavy atom. The molecule has 0 spiro atoms. The number of ether oxygens (including phenoxy) is 3. The topological polar surface area (TPSA) is 175 Å². The molecule has 11 heteroatoms. The zero-order valence-corrected chi connectivity index (χ0v) is 55.3. The first-order chi connectivity index (χ1) is 41.7. The molecule has 6 N–H and O–H groups in total. The SMILES string of the molecule is CCCCC/C=C\CCCCCCCC(=O)OCCCCCCCCCCCCC/C=C\C/C=C\CCCCCCCCCCCCCCCCCCCC(=O)NC(COC1OC(CO)C(O)C(O)C1O)C(O)/C=C/CCCCCCCCCC. The molecule has 1 aliphatic heterocycles. The second-order valence-electron chi connectivity index (χ2n) is 25.3. The monoisotopic (exact) mass is 1200 g/mol. The third-order valence-corrected chi connectivity index (χ3v) is 17.2. The minimum atomic E-state index is -1.57. The highest BCUT2D eigenvalue weighted by Gasteiger charge is 2.44. The molecule has 7 unspecified atom stereocenters. The van der Waals surface area contributed by atoms with Crippen molar-refractivity contribution < 1.29 is 49.3 Å². The first-order valence-corrected chi connectivity index (χ1v) is 36.4. The number of carbonyl (C=O) groups is 2. The summed E-state index contributed by atoms with van der Waals surface area (Å²) in [4.78, 5) is 25.1. The maximum atomic E-state index is 13.0. The summed E-state index contributed by atoms with van der Waals surface area (Å²) in [6, 6.07) is -0.807. The average Bonchev–Trinajstić information content (AvgIpc) is 3.33. The van der Waals surface area contributed by atoms with Crippen LogP contribution < -0.4 is 5.32 Å². The molecule has 1 heterocycles. The number of allylic oxidation sites excluding steroid dienone is 7. The normalized spacial score (nSPS) is 18.2. The number of hydrogen-bond donors (Lipinski definition) is 6. The molecule has 1 rings (SSSR count). The van der Waals surface area contributed by atoms with Gasteiger partial charge in [-0.15, -0.1) is 0 Å². The molecule has 498 valence electrons. The number of amides is 1. The zero-order chi connectivity index (χ0) is 61.6. The highest BCUT2D eigenvalue weighted by Crippen LogP contribution is 2.23. The standard InChI is InChI=1S/C74H137NO10/c1-3-5-7-9-11-13-15-42-46-50-54-58-62-70(79)83-63-59-55-51-47-43-40-38-36-34-32-30-28-26-24-22-20-18-16-17-19-21-23-25-27-29-31-33-35-37-39-41-45-49-53-57-61-69(78)75-66(65-84-74-73(82)72(81)71(80)68(64-76)85-74)67(77)60-56-52-48-44-14-12-10-8-6-4-2/h11,13,18,20,24,26,56,60,66-68,71-74,76-77,80-82H,3-10,12,14-17,19,21-23,25,27-55,57-59,61-65H2,1-2H3,(H,75,78)/b13-11-,20-18-,26-24-,60-56+. The van der Waals surface area contributed by atoms with Crippen molar-refractivity contribution in [2.75, 3.05) is 19.8 Å². The van der Waals surface area contributed by atoms with Crippen molar-refractivity contribution in [2.24, 2.45) is 0 Å². The van der Waals surface area contributed by atoms with Crippen LogP contribution in [0, 0.1) is 0 Å². The van der Waals surface area contributed by atoms with E-state index in [1.165, 1.54) is 257 Å². The first-order valence-electron chi connectivity index (χ1n) is 36.4. The fraction of sp³-hybridized carbons (Fsp3) is 0.865. The summed E-state index contributed by atoms with van der Waals surface area (Å²) in [5.74, 6) is -0.180. The summed E-state index contributed by atoms with van der Waals surface area (Å²) in [5, 5.41) is 54.4. The zero-order valence-electron chi connectivity index (χ0n) is 55.3. The van der Waals surface area contributed by atoms with E-state index in [1.807, 2.05) is 6.08 Å². The molecular formula is C74H137NO10. The van der Waals surface area contributed by atoms with E-state index in [9.17, 15) is 35.1 Å². The van der Waals surface area contributed by atoms with Gasteiger partial charge in [0.05, 0.1) is 32.0 Å². The summed E-state index contributed by atoms with van der Waals surface area (Å²) >= 11 is 0. The fourth-order valence-corrected chi connectivity index (χ4v) is 11.4. The second-order valence-corrected chi connectivity index (χ2v) is 25.3. The maximum absolute atomic E-state index is 13.0. The summed E-state index contributed by atoms with van der Waals surface area (Å²) in [6.07, 6.45) is 72.7. The lowest BCUT2D eigenvalue weighted by molar-refractivity contribution is -0.302. The van der Waals surface area contributed by atoms with E-state index in [0.29, 0.717) is 19.4 Å². The van der Waals surface area contributed by atoms with Crippen LogP contribution in [-0.2, 0) is 23.8 Å². The van der Waals surface area contributed by atoms with Gasteiger partial charge in [-0.1, -0.05) is 294 Å². The molecule has 0 aromatic rings. The third-order valence-electron chi connectivity index (χ3n) is 17.2. The Kier molecular flexibility index (Phi) is 60.0. The number of aliphatic hydroxyl groups excluding tert-OH is 5. The predicted molar refractivity (Wildman–Crippen MR) is 357 cm³/mol. The maximum Gasteiger partial charge on any atom is 0.305 e. The van der Waals surface area contributed by atoms with Crippen LogP contribution in [0.2, 0.25) is 0 Å². The summed E-state index contributed by atoms with van der Waals surface area (Å²) in [5.41, 5.74) is 0. The van der Waals surface area contributed by atoms with Crippen LogP contribution in [0.15, 0.2) is 48.6 Å². The van der Waals surface area contributed by atoms with Crippen LogP contribution in [0.5, 0.6) is 0 Å². The van der Waals surface area contributed by atoms with Crippen LogP contribution >= 0.6 is 0 Å². The van der Waals surface area contributed by atoms with E-state index in [4.69, 9.17) is 14.2 Å². The predicted octanol–water partition coefficient (Wildman–Crippen LogP) is 18.7. The van der Waals surface area contributed by atoms with E-state index < -0.39 is 49.5 Å². The second kappa shape index (κ2) is 63.2. The molecule has 1 fully saturated rings. The van der Waals surface area contributed by atoms with E-state index >= 15 is 0 Å². The van der Waals surface area contributed by atoms with Crippen molar-refractivity contribution in [1.29, 1.82) is 0 Å². The van der Waals surface area contributed by atoms with Crippen LogP contribution in [0.4, 0.5) is 0 Å². The molecule has 0 radical (unpaired) electrons.